The maximum Gasteiger partial charge on any atom is 0.236 e. The van der Waals surface area contributed by atoms with Gasteiger partial charge >= 0.3 is 0 Å². The van der Waals surface area contributed by atoms with E-state index in [1.165, 1.54) is 32.1 Å². The second-order valence-corrected chi connectivity index (χ2v) is 6.40. The van der Waals surface area contributed by atoms with Crippen LogP contribution in [0.1, 0.15) is 46.0 Å². The summed E-state index contributed by atoms with van der Waals surface area (Å²) in [5.74, 6) is 0.258. The average Bonchev–Trinajstić information content (AvgIpc) is 3.20. The van der Waals surface area contributed by atoms with E-state index in [-0.39, 0.29) is 5.91 Å². The predicted octanol–water partition coefficient (Wildman–Crippen LogP) is 1.46. The molecule has 4 nitrogen and oxygen atoms in total. The van der Waals surface area contributed by atoms with Gasteiger partial charge in [0, 0.05) is 31.7 Å². The largest absolute Gasteiger partial charge is 0.342 e. The first-order valence-corrected chi connectivity index (χ1v) is 7.81. The monoisotopic (exact) mass is 267 g/mol. The molecule has 1 saturated carbocycles. The number of carbonyl (C=O) groups is 1. The first-order valence-electron chi connectivity index (χ1n) is 7.81. The lowest BCUT2D eigenvalue weighted by atomic mass is 10.0. The van der Waals surface area contributed by atoms with E-state index in [9.17, 15) is 4.79 Å². The number of carbonyl (C=O) groups excluding carboxylic acids is 1. The van der Waals surface area contributed by atoms with Gasteiger partial charge in [0.15, 0.2) is 0 Å². The third-order valence-corrected chi connectivity index (χ3v) is 4.47. The number of rotatable bonds is 6. The Bertz CT molecular complexity index is 302. The highest BCUT2D eigenvalue weighted by Crippen LogP contribution is 2.21. The van der Waals surface area contributed by atoms with Crippen molar-refractivity contribution in [2.75, 3.05) is 26.7 Å². The van der Waals surface area contributed by atoms with Crippen molar-refractivity contribution in [1.29, 1.82) is 0 Å². The molecule has 2 aliphatic rings. The zero-order valence-corrected chi connectivity index (χ0v) is 12.7. The topological polar surface area (TPSA) is 35.6 Å². The first kappa shape index (κ1) is 14.8. The van der Waals surface area contributed by atoms with Crippen molar-refractivity contribution >= 4 is 5.91 Å². The van der Waals surface area contributed by atoms with Crippen molar-refractivity contribution in [3.05, 3.63) is 0 Å². The summed E-state index contributed by atoms with van der Waals surface area (Å²) in [5, 5.41) is 3.61. The molecule has 1 atom stereocenters. The molecular formula is C15H29N3O. The Kier molecular flexibility index (Phi) is 5.22. The number of likely N-dealkylation sites (N-methyl/N-ethyl adjacent to an activating group) is 1. The lowest BCUT2D eigenvalue weighted by molar-refractivity contribution is -0.133. The number of nitrogens with zero attached hydrogens (tertiary/aromatic N) is 2. The molecule has 0 radical (unpaired) electrons. The zero-order chi connectivity index (χ0) is 13.8. The van der Waals surface area contributed by atoms with Crippen molar-refractivity contribution in [1.82, 2.24) is 15.1 Å². The molecule has 1 N–H and O–H groups in total. The SMILES string of the molecule is CC(C)N(C)C(=O)CN1CCCCC1CNC1CC1. The van der Waals surface area contributed by atoms with Crippen LogP contribution in [-0.4, -0.2) is 60.5 Å². The highest BCUT2D eigenvalue weighted by atomic mass is 16.2. The molecule has 0 aromatic rings. The normalized spacial score (nSPS) is 24.7. The summed E-state index contributed by atoms with van der Waals surface area (Å²) in [5.41, 5.74) is 0. The summed E-state index contributed by atoms with van der Waals surface area (Å²) in [6.45, 7) is 6.87. The first-order chi connectivity index (χ1) is 9.08. The van der Waals surface area contributed by atoms with Crippen LogP contribution >= 0.6 is 0 Å². The van der Waals surface area contributed by atoms with E-state index in [0.29, 0.717) is 18.6 Å². The van der Waals surface area contributed by atoms with Gasteiger partial charge < -0.3 is 10.2 Å². The quantitative estimate of drug-likeness (QED) is 0.791. The average molecular weight is 267 g/mol. The van der Waals surface area contributed by atoms with Crippen LogP contribution in [0.3, 0.4) is 0 Å². The van der Waals surface area contributed by atoms with Gasteiger partial charge in [-0.2, -0.15) is 0 Å². The van der Waals surface area contributed by atoms with Crippen LogP contribution < -0.4 is 5.32 Å². The number of likely N-dealkylation sites (tertiary alicyclic amines) is 1. The molecule has 0 bridgehead atoms. The molecule has 0 aromatic heterocycles. The highest BCUT2D eigenvalue weighted by molar-refractivity contribution is 5.78. The summed E-state index contributed by atoms with van der Waals surface area (Å²) < 4.78 is 0. The molecule has 1 unspecified atom stereocenters. The van der Waals surface area contributed by atoms with E-state index in [0.717, 1.165) is 19.1 Å². The Hall–Kier alpha value is -0.610. The third kappa shape index (κ3) is 4.46. The van der Waals surface area contributed by atoms with Gasteiger partial charge in [-0.25, -0.2) is 0 Å². The smallest absolute Gasteiger partial charge is 0.236 e. The minimum Gasteiger partial charge on any atom is -0.342 e. The minimum absolute atomic E-state index is 0.258. The molecule has 1 aliphatic heterocycles. The Morgan fingerprint density at radius 1 is 1.32 bits per heavy atom. The second kappa shape index (κ2) is 6.71. The summed E-state index contributed by atoms with van der Waals surface area (Å²) in [4.78, 5) is 16.5. The van der Waals surface area contributed by atoms with Crippen LogP contribution in [0.25, 0.3) is 0 Å². The summed E-state index contributed by atoms with van der Waals surface area (Å²) in [6.07, 6.45) is 6.45. The van der Waals surface area contributed by atoms with Gasteiger partial charge in [0.25, 0.3) is 0 Å². The standard InChI is InChI=1S/C15H29N3O/c1-12(2)17(3)15(19)11-18-9-5-4-6-14(18)10-16-13-7-8-13/h12-14,16H,4-11H2,1-3H3. The Morgan fingerprint density at radius 3 is 2.68 bits per heavy atom. The summed E-state index contributed by atoms with van der Waals surface area (Å²) >= 11 is 0. The fourth-order valence-corrected chi connectivity index (χ4v) is 2.66. The molecule has 1 amide bonds. The van der Waals surface area contributed by atoms with Crippen LogP contribution in [0.2, 0.25) is 0 Å². The Balaban J connectivity index is 1.81. The molecular weight excluding hydrogens is 238 g/mol. The van der Waals surface area contributed by atoms with Crippen LogP contribution in [-0.2, 0) is 4.79 Å². The van der Waals surface area contributed by atoms with E-state index in [1.807, 2.05) is 11.9 Å². The molecule has 4 heteroatoms. The molecule has 19 heavy (non-hydrogen) atoms. The van der Waals surface area contributed by atoms with Crippen LogP contribution in [0.5, 0.6) is 0 Å². The number of nitrogens with one attached hydrogen (secondary N) is 1. The number of hydrogen-bond acceptors (Lipinski definition) is 3. The van der Waals surface area contributed by atoms with Gasteiger partial charge in [0.05, 0.1) is 6.54 Å². The second-order valence-electron chi connectivity index (χ2n) is 6.40. The fraction of sp³-hybridized carbons (Fsp3) is 0.933. The predicted molar refractivity (Wildman–Crippen MR) is 78.1 cm³/mol. The summed E-state index contributed by atoms with van der Waals surface area (Å²) in [7, 11) is 1.91. The van der Waals surface area contributed by atoms with E-state index < -0.39 is 0 Å². The van der Waals surface area contributed by atoms with Crippen LogP contribution in [0.4, 0.5) is 0 Å². The molecule has 1 saturated heterocycles. The maximum absolute atomic E-state index is 12.2. The molecule has 2 fully saturated rings. The van der Waals surface area contributed by atoms with Gasteiger partial charge in [0.2, 0.25) is 5.91 Å². The summed E-state index contributed by atoms with van der Waals surface area (Å²) in [6, 6.07) is 1.61. The molecule has 110 valence electrons. The number of hydrogen-bond donors (Lipinski definition) is 1. The zero-order valence-electron chi connectivity index (χ0n) is 12.7. The van der Waals surface area contributed by atoms with Gasteiger partial charge in [-0.3, -0.25) is 9.69 Å². The van der Waals surface area contributed by atoms with Crippen molar-refractivity contribution in [3.63, 3.8) is 0 Å². The third-order valence-electron chi connectivity index (χ3n) is 4.47. The number of piperidine rings is 1. The van der Waals surface area contributed by atoms with Crippen molar-refractivity contribution in [2.24, 2.45) is 0 Å². The van der Waals surface area contributed by atoms with Gasteiger partial charge in [-0.1, -0.05) is 6.42 Å². The van der Waals surface area contributed by atoms with E-state index in [2.05, 4.69) is 24.1 Å². The molecule has 1 aliphatic carbocycles. The van der Waals surface area contributed by atoms with Crippen molar-refractivity contribution in [3.8, 4) is 0 Å². The maximum atomic E-state index is 12.2. The van der Waals surface area contributed by atoms with Crippen molar-refractivity contribution in [2.45, 2.75) is 64.1 Å². The van der Waals surface area contributed by atoms with E-state index in [1.54, 1.807) is 0 Å². The van der Waals surface area contributed by atoms with E-state index >= 15 is 0 Å². The van der Waals surface area contributed by atoms with Crippen molar-refractivity contribution < 1.29 is 4.79 Å². The Labute approximate surface area is 117 Å². The fourth-order valence-electron chi connectivity index (χ4n) is 2.66. The van der Waals surface area contributed by atoms with Gasteiger partial charge in [-0.15, -0.1) is 0 Å². The van der Waals surface area contributed by atoms with Gasteiger partial charge in [-0.05, 0) is 46.1 Å². The lowest BCUT2D eigenvalue weighted by Crippen LogP contribution is -2.50. The highest BCUT2D eigenvalue weighted by Gasteiger charge is 2.28. The van der Waals surface area contributed by atoms with Crippen LogP contribution in [0, 0.1) is 0 Å². The van der Waals surface area contributed by atoms with Gasteiger partial charge in [0.1, 0.15) is 0 Å². The molecule has 2 rings (SSSR count). The Morgan fingerprint density at radius 2 is 2.05 bits per heavy atom. The molecule has 0 spiro atoms. The van der Waals surface area contributed by atoms with Crippen LogP contribution in [0.15, 0.2) is 0 Å². The minimum atomic E-state index is 0.258. The molecule has 0 aromatic carbocycles. The van der Waals surface area contributed by atoms with E-state index in [4.69, 9.17) is 0 Å². The molecule has 1 heterocycles. The lowest BCUT2D eigenvalue weighted by Gasteiger charge is -2.36. The number of amides is 1.